The molecule has 1 unspecified atom stereocenters. The lowest BCUT2D eigenvalue weighted by molar-refractivity contribution is 0.156. The zero-order chi connectivity index (χ0) is 14.7. The molecule has 1 atom stereocenters. The summed E-state index contributed by atoms with van der Waals surface area (Å²) in [5.41, 5.74) is 9.06. The molecule has 2 heterocycles. The first-order chi connectivity index (χ1) is 10.2. The molecule has 1 aromatic heterocycles. The third kappa shape index (κ3) is 3.52. The molecule has 1 aliphatic rings. The average molecular weight is 285 g/mol. The lowest BCUT2D eigenvalue weighted by atomic mass is 9.98. The molecule has 4 heteroatoms. The number of hydrogen-bond acceptors (Lipinski definition) is 4. The molecule has 4 nitrogen and oxygen atoms in total. The summed E-state index contributed by atoms with van der Waals surface area (Å²) in [7, 11) is 0. The van der Waals surface area contributed by atoms with Crippen LogP contribution in [0.15, 0.2) is 34.9 Å². The minimum Gasteiger partial charge on any atom is -0.359 e. The van der Waals surface area contributed by atoms with Crippen LogP contribution in [0.4, 0.5) is 0 Å². The predicted molar refractivity (Wildman–Crippen MR) is 83.7 cm³/mol. The molecule has 112 valence electrons. The summed E-state index contributed by atoms with van der Waals surface area (Å²) in [6, 6.07) is 10.4. The second-order valence-electron chi connectivity index (χ2n) is 6.02. The first-order valence-corrected chi connectivity index (χ1v) is 7.69. The first-order valence-electron chi connectivity index (χ1n) is 7.69. The maximum Gasteiger partial charge on any atom is 0.151 e. The molecule has 3 rings (SSSR count). The maximum atomic E-state index is 5.79. The normalized spacial score (nSPS) is 19.8. The Morgan fingerprint density at radius 3 is 2.90 bits per heavy atom. The molecule has 1 aliphatic heterocycles. The van der Waals surface area contributed by atoms with Gasteiger partial charge in [0.2, 0.25) is 0 Å². The van der Waals surface area contributed by atoms with E-state index >= 15 is 0 Å². The van der Waals surface area contributed by atoms with Gasteiger partial charge in [0.15, 0.2) is 5.76 Å². The Morgan fingerprint density at radius 2 is 2.14 bits per heavy atom. The zero-order valence-electron chi connectivity index (χ0n) is 12.6. The Bertz CT molecular complexity index is 576. The minimum absolute atomic E-state index is 0.623. The van der Waals surface area contributed by atoms with Crippen molar-refractivity contribution >= 4 is 0 Å². The van der Waals surface area contributed by atoms with Gasteiger partial charge in [0.25, 0.3) is 0 Å². The number of rotatable bonds is 4. The summed E-state index contributed by atoms with van der Waals surface area (Å²) in [5, 5.41) is 4.19. The van der Waals surface area contributed by atoms with E-state index in [9.17, 15) is 0 Å². The van der Waals surface area contributed by atoms with E-state index in [1.54, 1.807) is 0 Å². The highest BCUT2D eigenvalue weighted by molar-refractivity contribution is 5.59. The standard InChI is InChI=1S/C17H23N3O/c1-13-4-6-15(7-5-13)17-9-16(21-19-17)12-20-8-2-3-14(10-18)11-20/h4-7,9,14H,2-3,8,10-12,18H2,1H3. The van der Waals surface area contributed by atoms with Gasteiger partial charge in [-0.15, -0.1) is 0 Å². The van der Waals surface area contributed by atoms with E-state index in [2.05, 4.69) is 47.3 Å². The van der Waals surface area contributed by atoms with E-state index in [1.807, 2.05) is 0 Å². The topological polar surface area (TPSA) is 55.3 Å². The third-order valence-electron chi connectivity index (χ3n) is 4.22. The van der Waals surface area contributed by atoms with E-state index < -0.39 is 0 Å². The molecule has 0 bridgehead atoms. The highest BCUT2D eigenvalue weighted by Gasteiger charge is 2.20. The van der Waals surface area contributed by atoms with Crippen molar-refractivity contribution < 1.29 is 4.52 Å². The van der Waals surface area contributed by atoms with Crippen molar-refractivity contribution in [3.63, 3.8) is 0 Å². The minimum atomic E-state index is 0.623. The molecule has 2 N–H and O–H groups in total. The van der Waals surface area contributed by atoms with Gasteiger partial charge in [0.1, 0.15) is 5.69 Å². The number of nitrogens with two attached hydrogens (primary N) is 1. The van der Waals surface area contributed by atoms with Gasteiger partial charge in [-0.3, -0.25) is 4.90 Å². The highest BCUT2D eigenvalue weighted by atomic mass is 16.5. The van der Waals surface area contributed by atoms with Crippen LogP contribution in [0, 0.1) is 12.8 Å². The van der Waals surface area contributed by atoms with E-state index in [4.69, 9.17) is 10.3 Å². The Morgan fingerprint density at radius 1 is 1.33 bits per heavy atom. The van der Waals surface area contributed by atoms with Crippen LogP contribution in [0.2, 0.25) is 0 Å². The van der Waals surface area contributed by atoms with Crippen molar-refractivity contribution in [2.45, 2.75) is 26.3 Å². The van der Waals surface area contributed by atoms with Crippen molar-refractivity contribution in [1.82, 2.24) is 10.1 Å². The van der Waals surface area contributed by atoms with Crippen molar-refractivity contribution in [2.75, 3.05) is 19.6 Å². The van der Waals surface area contributed by atoms with Gasteiger partial charge in [-0.05, 0) is 38.8 Å². The van der Waals surface area contributed by atoms with Crippen molar-refractivity contribution in [1.29, 1.82) is 0 Å². The van der Waals surface area contributed by atoms with E-state index in [0.717, 1.165) is 43.2 Å². The Kier molecular flexibility index (Phi) is 4.36. The van der Waals surface area contributed by atoms with Crippen LogP contribution >= 0.6 is 0 Å². The number of nitrogens with zero attached hydrogens (tertiary/aromatic N) is 2. The molecule has 1 saturated heterocycles. The fourth-order valence-corrected chi connectivity index (χ4v) is 2.96. The molecular weight excluding hydrogens is 262 g/mol. The fraction of sp³-hybridized carbons (Fsp3) is 0.471. The van der Waals surface area contributed by atoms with Crippen molar-refractivity contribution in [3.8, 4) is 11.3 Å². The largest absolute Gasteiger partial charge is 0.359 e. The van der Waals surface area contributed by atoms with Crippen LogP contribution in [-0.4, -0.2) is 29.7 Å². The molecule has 21 heavy (non-hydrogen) atoms. The van der Waals surface area contributed by atoms with Gasteiger partial charge in [-0.2, -0.15) is 0 Å². The lowest BCUT2D eigenvalue weighted by Gasteiger charge is -2.31. The number of piperidine rings is 1. The number of aryl methyl sites for hydroxylation is 1. The molecule has 2 aromatic rings. The number of benzene rings is 1. The van der Waals surface area contributed by atoms with E-state index in [1.165, 1.54) is 18.4 Å². The second kappa shape index (κ2) is 6.41. The maximum absolute atomic E-state index is 5.79. The van der Waals surface area contributed by atoms with Gasteiger partial charge < -0.3 is 10.3 Å². The quantitative estimate of drug-likeness (QED) is 0.938. The average Bonchev–Trinajstić information content (AvgIpc) is 2.96. The van der Waals surface area contributed by atoms with Crippen LogP contribution in [0.3, 0.4) is 0 Å². The molecule has 1 fully saturated rings. The van der Waals surface area contributed by atoms with Crippen LogP contribution in [0.1, 0.15) is 24.2 Å². The Balaban J connectivity index is 1.66. The Labute approximate surface area is 125 Å². The molecule has 1 aromatic carbocycles. The summed E-state index contributed by atoms with van der Waals surface area (Å²) in [6.07, 6.45) is 2.47. The van der Waals surface area contributed by atoms with Gasteiger partial charge in [-0.1, -0.05) is 35.0 Å². The fourth-order valence-electron chi connectivity index (χ4n) is 2.96. The molecule has 0 saturated carbocycles. The summed E-state index contributed by atoms with van der Waals surface area (Å²) in [5.74, 6) is 1.56. The summed E-state index contributed by atoms with van der Waals surface area (Å²) >= 11 is 0. The smallest absolute Gasteiger partial charge is 0.151 e. The predicted octanol–water partition coefficient (Wildman–Crippen LogP) is 2.82. The number of likely N-dealkylation sites (tertiary alicyclic amines) is 1. The zero-order valence-corrected chi connectivity index (χ0v) is 12.6. The monoisotopic (exact) mass is 285 g/mol. The molecule has 0 amide bonds. The summed E-state index contributed by atoms with van der Waals surface area (Å²) in [4.78, 5) is 2.42. The van der Waals surface area contributed by atoms with Crippen LogP contribution in [0.25, 0.3) is 11.3 Å². The van der Waals surface area contributed by atoms with Gasteiger partial charge in [-0.25, -0.2) is 0 Å². The summed E-state index contributed by atoms with van der Waals surface area (Å²) < 4.78 is 5.50. The van der Waals surface area contributed by atoms with Crippen LogP contribution in [0.5, 0.6) is 0 Å². The Hall–Kier alpha value is -1.65. The summed E-state index contributed by atoms with van der Waals surface area (Å²) in [6.45, 7) is 5.88. The van der Waals surface area contributed by atoms with Gasteiger partial charge in [0.05, 0.1) is 6.54 Å². The van der Waals surface area contributed by atoms with Crippen LogP contribution in [-0.2, 0) is 6.54 Å². The number of aromatic nitrogens is 1. The third-order valence-corrected chi connectivity index (χ3v) is 4.22. The second-order valence-corrected chi connectivity index (χ2v) is 6.02. The number of hydrogen-bond donors (Lipinski definition) is 1. The van der Waals surface area contributed by atoms with Crippen molar-refractivity contribution in [2.24, 2.45) is 11.7 Å². The van der Waals surface area contributed by atoms with E-state index in [0.29, 0.717) is 5.92 Å². The van der Waals surface area contributed by atoms with Crippen molar-refractivity contribution in [3.05, 3.63) is 41.7 Å². The molecular formula is C17H23N3O. The molecule has 0 spiro atoms. The van der Waals surface area contributed by atoms with E-state index in [-0.39, 0.29) is 0 Å². The van der Waals surface area contributed by atoms with Crippen LogP contribution < -0.4 is 5.73 Å². The molecule has 0 radical (unpaired) electrons. The van der Waals surface area contributed by atoms with Gasteiger partial charge in [0, 0.05) is 18.2 Å². The first kappa shape index (κ1) is 14.3. The molecule has 0 aliphatic carbocycles. The lowest BCUT2D eigenvalue weighted by Crippen LogP contribution is -2.37. The highest BCUT2D eigenvalue weighted by Crippen LogP contribution is 2.22. The van der Waals surface area contributed by atoms with Gasteiger partial charge >= 0.3 is 0 Å². The SMILES string of the molecule is Cc1ccc(-c2cc(CN3CCCC(CN)C3)on2)cc1.